The molecule has 0 unspecified atom stereocenters. The molecule has 1 aromatic rings. The van der Waals surface area contributed by atoms with E-state index in [0.717, 1.165) is 6.07 Å². The SMILES string of the molecule is N#CCCCCOc1ccc(S(=O)(=O)Cl)cc1C(=O)O. The highest BCUT2D eigenvalue weighted by atomic mass is 35.7. The van der Waals surface area contributed by atoms with Gasteiger partial charge in [-0.3, -0.25) is 0 Å². The van der Waals surface area contributed by atoms with Crippen LogP contribution in [0.1, 0.15) is 29.6 Å². The Morgan fingerprint density at radius 2 is 2.10 bits per heavy atom. The molecule has 0 aromatic heterocycles. The van der Waals surface area contributed by atoms with E-state index in [1.165, 1.54) is 12.1 Å². The lowest BCUT2D eigenvalue weighted by Crippen LogP contribution is -2.06. The first-order chi connectivity index (χ1) is 9.36. The van der Waals surface area contributed by atoms with Crippen molar-refractivity contribution in [2.75, 3.05) is 6.61 Å². The summed E-state index contributed by atoms with van der Waals surface area (Å²) in [4.78, 5) is 10.8. The molecule has 108 valence electrons. The summed E-state index contributed by atoms with van der Waals surface area (Å²) in [5.74, 6) is -1.24. The third kappa shape index (κ3) is 4.72. The highest BCUT2D eigenvalue weighted by Gasteiger charge is 2.17. The summed E-state index contributed by atoms with van der Waals surface area (Å²) in [5.41, 5.74) is -0.271. The van der Waals surface area contributed by atoms with Gasteiger partial charge in [-0.25, -0.2) is 13.2 Å². The van der Waals surface area contributed by atoms with Crippen molar-refractivity contribution in [1.82, 2.24) is 0 Å². The van der Waals surface area contributed by atoms with Gasteiger partial charge in [0.2, 0.25) is 0 Å². The minimum absolute atomic E-state index is 0.0681. The van der Waals surface area contributed by atoms with E-state index in [9.17, 15) is 13.2 Å². The van der Waals surface area contributed by atoms with Gasteiger partial charge < -0.3 is 9.84 Å². The van der Waals surface area contributed by atoms with E-state index in [2.05, 4.69) is 0 Å². The smallest absolute Gasteiger partial charge is 0.339 e. The molecule has 0 fully saturated rings. The molecule has 0 amide bonds. The normalized spacial score (nSPS) is 10.8. The van der Waals surface area contributed by atoms with Gasteiger partial charge in [-0.05, 0) is 31.0 Å². The standard InChI is InChI=1S/C12H12ClNO5S/c13-20(17,18)9-4-5-11(10(8-9)12(15)16)19-7-3-1-2-6-14/h4-5,8H,1-3,7H2,(H,15,16). The Labute approximate surface area is 121 Å². The van der Waals surface area contributed by atoms with Gasteiger partial charge in [0, 0.05) is 17.1 Å². The maximum atomic E-state index is 11.2. The molecule has 0 aliphatic heterocycles. The van der Waals surface area contributed by atoms with Crippen LogP contribution in [0.25, 0.3) is 0 Å². The molecule has 20 heavy (non-hydrogen) atoms. The maximum Gasteiger partial charge on any atom is 0.339 e. The molecular weight excluding hydrogens is 306 g/mol. The van der Waals surface area contributed by atoms with E-state index >= 15 is 0 Å². The van der Waals surface area contributed by atoms with Crippen LogP contribution in [0.3, 0.4) is 0 Å². The van der Waals surface area contributed by atoms with E-state index < -0.39 is 15.0 Å². The molecule has 0 atom stereocenters. The van der Waals surface area contributed by atoms with Gasteiger partial charge in [0.15, 0.2) is 0 Å². The second kappa shape index (κ2) is 7.12. The van der Waals surface area contributed by atoms with Crippen molar-refractivity contribution in [3.63, 3.8) is 0 Å². The molecule has 0 radical (unpaired) electrons. The van der Waals surface area contributed by atoms with Crippen LogP contribution in [0.5, 0.6) is 5.75 Å². The van der Waals surface area contributed by atoms with E-state index in [0.29, 0.717) is 19.3 Å². The van der Waals surface area contributed by atoms with Gasteiger partial charge in [-0.2, -0.15) is 5.26 Å². The fourth-order valence-corrected chi connectivity index (χ4v) is 2.22. The fraction of sp³-hybridized carbons (Fsp3) is 0.333. The summed E-state index contributed by atoms with van der Waals surface area (Å²) in [6.07, 6.45) is 1.65. The zero-order chi connectivity index (χ0) is 15.2. The predicted octanol–water partition coefficient (Wildman–Crippen LogP) is 2.38. The highest BCUT2D eigenvalue weighted by Crippen LogP contribution is 2.25. The van der Waals surface area contributed by atoms with Crippen molar-refractivity contribution in [3.05, 3.63) is 23.8 Å². The molecule has 1 aromatic carbocycles. The largest absolute Gasteiger partial charge is 0.493 e. The van der Waals surface area contributed by atoms with Crippen LogP contribution < -0.4 is 4.74 Å². The molecule has 0 saturated heterocycles. The molecule has 0 aliphatic carbocycles. The van der Waals surface area contributed by atoms with Crippen LogP contribution >= 0.6 is 10.7 Å². The summed E-state index contributed by atoms with van der Waals surface area (Å²) < 4.78 is 27.6. The van der Waals surface area contributed by atoms with Crippen LogP contribution in [-0.2, 0) is 9.05 Å². The van der Waals surface area contributed by atoms with Gasteiger partial charge in [0.1, 0.15) is 11.3 Å². The minimum atomic E-state index is -3.99. The van der Waals surface area contributed by atoms with Gasteiger partial charge in [0.05, 0.1) is 17.6 Å². The molecule has 0 saturated carbocycles. The fourth-order valence-electron chi connectivity index (χ4n) is 1.44. The number of hydrogen-bond donors (Lipinski definition) is 1. The molecule has 6 nitrogen and oxygen atoms in total. The molecule has 1 N–H and O–H groups in total. The lowest BCUT2D eigenvalue weighted by Gasteiger charge is -2.09. The van der Waals surface area contributed by atoms with Crippen molar-refractivity contribution in [1.29, 1.82) is 5.26 Å². The number of ether oxygens (including phenoxy) is 1. The Bertz CT molecular complexity index is 636. The first-order valence-electron chi connectivity index (χ1n) is 5.68. The molecule has 0 heterocycles. The first kappa shape index (κ1) is 16.3. The van der Waals surface area contributed by atoms with Crippen molar-refractivity contribution in [2.45, 2.75) is 24.2 Å². The van der Waals surface area contributed by atoms with Gasteiger partial charge in [-0.1, -0.05) is 0 Å². The van der Waals surface area contributed by atoms with Crippen molar-refractivity contribution in [3.8, 4) is 11.8 Å². The number of carboxylic acids is 1. The average Bonchev–Trinajstić information content (AvgIpc) is 2.37. The summed E-state index contributed by atoms with van der Waals surface area (Å²) in [6.45, 7) is 0.245. The second-order valence-electron chi connectivity index (χ2n) is 3.86. The third-order valence-electron chi connectivity index (χ3n) is 2.40. The van der Waals surface area contributed by atoms with E-state index in [4.69, 9.17) is 25.8 Å². The van der Waals surface area contributed by atoms with Gasteiger partial charge in [-0.15, -0.1) is 0 Å². The Hall–Kier alpha value is -1.78. The summed E-state index contributed by atoms with van der Waals surface area (Å²) in [6, 6.07) is 5.38. The third-order valence-corrected chi connectivity index (χ3v) is 3.75. The Morgan fingerprint density at radius 3 is 2.65 bits per heavy atom. The van der Waals surface area contributed by atoms with Crippen LogP contribution in [0, 0.1) is 11.3 Å². The minimum Gasteiger partial charge on any atom is -0.493 e. The molecule has 8 heteroatoms. The number of rotatable bonds is 7. The van der Waals surface area contributed by atoms with Gasteiger partial charge >= 0.3 is 5.97 Å². The predicted molar refractivity (Wildman–Crippen MR) is 71.4 cm³/mol. The Kier molecular flexibility index (Phi) is 5.80. The van der Waals surface area contributed by atoms with E-state index in [-0.39, 0.29) is 22.8 Å². The van der Waals surface area contributed by atoms with Crippen LogP contribution in [0.15, 0.2) is 23.1 Å². The average molecular weight is 318 g/mol. The summed E-state index contributed by atoms with van der Waals surface area (Å²) in [7, 11) is 1.17. The Morgan fingerprint density at radius 1 is 1.40 bits per heavy atom. The number of carbonyl (C=O) groups is 1. The number of nitriles is 1. The monoisotopic (exact) mass is 317 g/mol. The number of nitrogens with zero attached hydrogens (tertiary/aromatic N) is 1. The van der Waals surface area contributed by atoms with Crippen LogP contribution in [0.2, 0.25) is 0 Å². The number of halogens is 1. The second-order valence-corrected chi connectivity index (χ2v) is 6.43. The number of benzene rings is 1. The summed E-state index contributed by atoms with van der Waals surface area (Å²) >= 11 is 0. The molecule has 0 bridgehead atoms. The summed E-state index contributed by atoms with van der Waals surface area (Å²) in [5, 5.41) is 17.4. The van der Waals surface area contributed by atoms with Crippen LogP contribution in [-0.4, -0.2) is 26.1 Å². The lowest BCUT2D eigenvalue weighted by atomic mass is 10.2. The number of aromatic carboxylic acids is 1. The molecule has 0 aliphatic rings. The van der Waals surface area contributed by atoms with Crippen molar-refractivity contribution >= 4 is 25.7 Å². The van der Waals surface area contributed by atoms with Crippen LogP contribution in [0.4, 0.5) is 0 Å². The number of hydrogen-bond acceptors (Lipinski definition) is 5. The molecule has 0 spiro atoms. The molecule has 1 rings (SSSR count). The zero-order valence-electron chi connectivity index (χ0n) is 10.4. The lowest BCUT2D eigenvalue weighted by molar-refractivity contribution is 0.0692. The number of unbranched alkanes of at least 4 members (excludes halogenated alkanes) is 2. The quantitative estimate of drug-likeness (QED) is 0.611. The van der Waals surface area contributed by atoms with Crippen molar-refractivity contribution in [2.24, 2.45) is 0 Å². The highest BCUT2D eigenvalue weighted by molar-refractivity contribution is 8.13. The topological polar surface area (TPSA) is 104 Å². The first-order valence-corrected chi connectivity index (χ1v) is 7.99. The zero-order valence-corrected chi connectivity index (χ0v) is 11.9. The van der Waals surface area contributed by atoms with E-state index in [1.807, 2.05) is 6.07 Å². The maximum absolute atomic E-state index is 11.2. The van der Waals surface area contributed by atoms with Gasteiger partial charge in [0.25, 0.3) is 9.05 Å². The van der Waals surface area contributed by atoms with Crippen molar-refractivity contribution < 1.29 is 23.1 Å². The number of carboxylic acid groups (broad SMARTS) is 1. The van der Waals surface area contributed by atoms with E-state index in [1.54, 1.807) is 0 Å². The molecular formula is C12H12ClNO5S. The Balaban J connectivity index is 2.87.